The minimum atomic E-state index is -0.977. The average molecular weight is 515 g/mol. The van der Waals surface area contributed by atoms with Crippen LogP contribution in [0.4, 0.5) is 0 Å². The third-order valence-corrected chi connectivity index (χ3v) is 4.90. The molecule has 0 aliphatic carbocycles. The van der Waals surface area contributed by atoms with Crippen molar-refractivity contribution in [3.8, 4) is 23.0 Å². The van der Waals surface area contributed by atoms with Crippen molar-refractivity contribution in [1.82, 2.24) is 0 Å². The quantitative estimate of drug-likeness (QED) is 0.286. The predicted molar refractivity (Wildman–Crippen MR) is 137 cm³/mol. The minimum absolute atomic E-state index is 0.0454. The molecule has 37 heavy (non-hydrogen) atoms. The summed E-state index contributed by atoms with van der Waals surface area (Å²) in [5, 5.41) is 19.9. The van der Waals surface area contributed by atoms with Crippen molar-refractivity contribution in [3.63, 3.8) is 0 Å². The van der Waals surface area contributed by atoms with Crippen LogP contribution < -0.4 is 14.2 Å². The van der Waals surface area contributed by atoms with Gasteiger partial charge in [0.1, 0.15) is 61.6 Å². The molecule has 0 radical (unpaired) electrons. The highest BCUT2D eigenvalue weighted by Gasteiger charge is 2.13. The Hall–Kier alpha value is -3.82. The summed E-state index contributed by atoms with van der Waals surface area (Å²) in [6.07, 6.45) is -1.95. The Labute approximate surface area is 216 Å². The van der Waals surface area contributed by atoms with E-state index >= 15 is 0 Å². The number of benzene rings is 2. The number of carbonyl (C=O) groups excluding carboxylic acids is 2. The number of carbonyl (C=O) groups is 2. The van der Waals surface area contributed by atoms with Gasteiger partial charge in [0.2, 0.25) is 0 Å². The van der Waals surface area contributed by atoms with Crippen LogP contribution in [0.3, 0.4) is 0 Å². The Balaban J connectivity index is 1.86. The Bertz CT molecular complexity index is 1040. The molecule has 2 aromatic carbocycles. The summed E-state index contributed by atoms with van der Waals surface area (Å²) in [5.74, 6) is 1.17. The number of hydrogen-bond donors (Lipinski definition) is 2. The van der Waals surface area contributed by atoms with Crippen LogP contribution in [0.1, 0.15) is 25.0 Å². The maximum atomic E-state index is 11.4. The Morgan fingerprint density at radius 1 is 0.730 bits per heavy atom. The number of aliphatic hydroxyl groups is 2. The van der Waals surface area contributed by atoms with Gasteiger partial charge in [0.05, 0.1) is 0 Å². The molecule has 2 atom stereocenters. The first-order chi connectivity index (χ1) is 17.5. The normalized spacial score (nSPS) is 12.2. The zero-order valence-corrected chi connectivity index (χ0v) is 21.6. The van der Waals surface area contributed by atoms with Crippen molar-refractivity contribution in [2.24, 2.45) is 0 Å². The average Bonchev–Trinajstić information content (AvgIpc) is 2.84. The first-order valence-corrected chi connectivity index (χ1v) is 11.6. The van der Waals surface area contributed by atoms with Crippen LogP contribution in [-0.4, -0.2) is 60.8 Å². The van der Waals surface area contributed by atoms with Gasteiger partial charge in [-0.05, 0) is 75.2 Å². The van der Waals surface area contributed by atoms with Crippen LogP contribution >= 0.6 is 0 Å². The smallest absolute Gasteiger partial charge is 0.333 e. The molecule has 0 spiro atoms. The van der Waals surface area contributed by atoms with Crippen molar-refractivity contribution in [2.75, 3.05) is 26.4 Å². The first kappa shape index (κ1) is 29.4. The molecule has 2 rings (SSSR count). The lowest BCUT2D eigenvalue weighted by atomic mass is 10.2. The molecule has 0 aliphatic rings. The van der Waals surface area contributed by atoms with Gasteiger partial charge in [-0.25, -0.2) is 9.59 Å². The molecular weight excluding hydrogens is 480 g/mol. The van der Waals surface area contributed by atoms with Crippen molar-refractivity contribution >= 4 is 11.9 Å². The highest BCUT2D eigenvalue weighted by atomic mass is 16.6. The van der Waals surface area contributed by atoms with Crippen LogP contribution in [0.25, 0.3) is 0 Å². The van der Waals surface area contributed by atoms with Crippen molar-refractivity contribution in [3.05, 3.63) is 71.8 Å². The summed E-state index contributed by atoms with van der Waals surface area (Å²) >= 11 is 0. The third-order valence-electron chi connectivity index (χ3n) is 4.90. The van der Waals surface area contributed by atoms with E-state index in [0.29, 0.717) is 23.0 Å². The van der Waals surface area contributed by atoms with E-state index in [1.807, 2.05) is 13.8 Å². The number of hydrogen-bond acceptors (Lipinski definition) is 9. The Morgan fingerprint density at radius 3 is 1.43 bits per heavy atom. The van der Waals surface area contributed by atoms with Gasteiger partial charge in [-0.1, -0.05) is 13.2 Å². The molecule has 0 heterocycles. The molecule has 0 aliphatic heterocycles. The number of ether oxygens (including phenoxy) is 5. The van der Waals surface area contributed by atoms with E-state index in [2.05, 4.69) is 13.2 Å². The predicted octanol–water partition coefficient (Wildman–Crippen LogP) is 3.81. The monoisotopic (exact) mass is 514 g/mol. The first-order valence-electron chi connectivity index (χ1n) is 11.6. The third kappa shape index (κ3) is 9.98. The molecular formula is C28H34O9. The van der Waals surface area contributed by atoms with Gasteiger partial charge >= 0.3 is 11.9 Å². The van der Waals surface area contributed by atoms with E-state index in [4.69, 9.17) is 23.7 Å². The van der Waals surface area contributed by atoms with Gasteiger partial charge in [-0.2, -0.15) is 0 Å². The van der Waals surface area contributed by atoms with E-state index in [1.165, 1.54) is 13.8 Å². The zero-order chi connectivity index (χ0) is 27.5. The van der Waals surface area contributed by atoms with Crippen LogP contribution in [0.2, 0.25) is 0 Å². The Kier molecular flexibility index (Phi) is 11.2. The standard InChI is InChI=1S/C28H34O9/c1-17(2)27(31)35-15-21(29)13-33-25-9-7-23(11-19(25)5)37-24-8-10-26(20(6)12-24)34-14-22(30)16-36-28(32)18(3)4/h7-12,21-22,29-30H,1,3,13-16H2,2,4-6H3. The lowest BCUT2D eigenvalue weighted by molar-refractivity contribution is -0.143. The summed E-state index contributed by atoms with van der Waals surface area (Å²) in [5.41, 5.74) is 2.10. The summed E-state index contributed by atoms with van der Waals surface area (Å²) < 4.78 is 27.0. The number of esters is 2. The second-order valence-corrected chi connectivity index (χ2v) is 8.64. The van der Waals surface area contributed by atoms with Crippen LogP contribution in [0.15, 0.2) is 60.7 Å². The highest BCUT2D eigenvalue weighted by Crippen LogP contribution is 2.30. The second kappa shape index (κ2) is 14.1. The zero-order valence-electron chi connectivity index (χ0n) is 21.6. The SMILES string of the molecule is C=C(C)C(=O)OCC(O)COc1ccc(Oc2ccc(OCC(O)COC(=O)C(=C)C)c(C)c2)cc1C. The number of aryl methyl sites for hydroxylation is 2. The Morgan fingerprint density at radius 2 is 1.11 bits per heavy atom. The molecule has 200 valence electrons. The van der Waals surface area contributed by atoms with Crippen LogP contribution in [0.5, 0.6) is 23.0 Å². The lowest BCUT2D eigenvalue weighted by Gasteiger charge is -2.16. The van der Waals surface area contributed by atoms with E-state index < -0.39 is 24.1 Å². The van der Waals surface area contributed by atoms with Crippen molar-refractivity contribution < 1.29 is 43.5 Å². The lowest BCUT2D eigenvalue weighted by Crippen LogP contribution is -2.25. The molecule has 2 unspecified atom stereocenters. The molecule has 0 bridgehead atoms. The minimum Gasteiger partial charge on any atom is -0.490 e. The van der Waals surface area contributed by atoms with Crippen LogP contribution in [0, 0.1) is 13.8 Å². The van der Waals surface area contributed by atoms with Gasteiger partial charge in [0.25, 0.3) is 0 Å². The number of aliphatic hydroxyl groups excluding tert-OH is 2. The topological polar surface area (TPSA) is 121 Å². The molecule has 9 heteroatoms. The van der Waals surface area contributed by atoms with E-state index in [0.717, 1.165) is 11.1 Å². The molecule has 2 aromatic rings. The van der Waals surface area contributed by atoms with E-state index in [9.17, 15) is 19.8 Å². The molecule has 0 amide bonds. The number of rotatable bonds is 14. The van der Waals surface area contributed by atoms with Crippen molar-refractivity contribution in [2.45, 2.75) is 39.9 Å². The fourth-order valence-corrected chi connectivity index (χ4v) is 2.89. The van der Waals surface area contributed by atoms with E-state index in [1.54, 1.807) is 36.4 Å². The maximum Gasteiger partial charge on any atom is 0.333 e. The summed E-state index contributed by atoms with van der Waals surface area (Å²) in [6, 6.07) is 10.5. The fourth-order valence-electron chi connectivity index (χ4n) is 2.89. The largest absolute Gasteiger partial charge is 0.490 e. The van der Waals surface area contributed by atoms with Gasteiger partial charge in [0, 0.05) is 11.1 Å². The van der Waals surface area contributed by atoms with Crippen LogP contribution in [-0.2, 0) is 19.1 Å². The highest BCUT2D eigenvalue weighted by molar-refractivity contribution is 5.87. The van der Waals surface area contributed by atoms with Gasteiger partial charge < -0.3 is 33.9 Å². The molecule has 0 aromatic heterocycles. The molecule has 0 saturated carbocycles. The van der Waals surface area contributed by atoms with Gasteiger partial charge in [-0.3, -0.25) is 0 Å². The summed E-state index contributed by atoms with van der Waals surface area (Å²) in [7, 11) is 0. The van der Waals surface area contributed by atoms with Gasteiger partial charge in [0.15, 0.2) is 0 Å². The van der Waals surface area contributed by atoms with E-state index in [-0.39, 0.29) is 37.6 Å². The molecule has 9 nitrogen and oxygen atoms in total. The summed E-state index contributed by atoms with van der Waals surface area (Å²) in [6.45, 7) is 13.3. The summed E-state index contributed by atoms with van der Waals surface area (Å²) in [4.78, 5) is 22.8. The second-order valence-electron chi connectivity index (χ2n) is 8.64. The maximum absolute atomic E-state index is 11.4. The van der Waals surface area contributed by atoms with Gasteiger partial charge in [-0.15, -0.1) is 0 Å². The van der Waals surface area contributed by atoms with Crippen molar-refractivity contribution in [1.29, 1.82) is 0 Å². The fraction of sp³-hybridized carbons (Fsp3) is 0.357. The molecule has 0 fully saturated rings. The molecule has 0 saturated heterocycles. The molecule has 2 N–H and O–H groups in total.